The van der Waals surface area contributed by atoms with Gasteiger partial charge in [-0.25, -0.2) is 4.98 Å². The van der Waals surface area contributed by atoms with E-state index >= 15 is 0 Å². The topological polar surface area (TPSA) is 94.8 Å². The molecule has 0 saturated heterocycles. The van der Waals surface area contributed by atoms with E-state index in [1.165, 1.54) is 4.90 Å². The van der Waals surface area contributed by atoms with E-state index < -0.39 is 11.6 Å². The first-order chi connectivity index (χ1) is 10.7. The van der Waals surface area contributed by atoms with Crippen LogP contribution in [-0.2, 0) is 14.3 Å². The number of esters is 1. The van der Waals surface area contributed by atoms with Gasteiger partial charge in [0.1, 0.15) is 12.4 Å². The normalized spacial score (nSPS) is 16.0. The van der Waals surface area contributed by atoms with E-state index in [0.29, 0.717) is 18.3 Å². The van der Waals surface area contributed by atoms with E-state index in [-0.39, 0.29) is 24.1 Å². The summed E-state index contributed by atoms with van der Waals surface area (Å²) in [6.45, 7) is 7.50. The molecule has 1 amide bonds. The lowest BCUT2D eigenvalue weighted by Crippen LogP contribution is -2.54. The molecule has 0 bridgehead atoms. The predicted molar refractivity (Wildman–Crippen MR) is 86.1 cm³/mol. The fourth-order valence-electron chi connectivity index (χ4n) is 2.19. The van der Waals surface area contributed by atoms with Gasteiger partial charge in [0.2, 0.25) is 0 Å². The standard InChI is InChI=1S/C16H23N3O4/c1-10(2)7-8-22-13(20)9-19-14-11(5-6-12(17)18-14)23-16(3,4)15(19)21/h5-6,10H,7-9H2,1-4H3,(H2,17,18). The Bertz CT molecular complexity index is 613. The van der Waals surface area contributed by atoms with Gasteiger partial charge in [-0.1, -0.05) is 13.8 Å². The largest absolute Gasteiger partial charge is 0.474 e. The molecule has 1 aliphatic rings. The Labute approximate surface area is 135 Å². The van der Waals surface area contributed by atoms with E-state index in [2.05, 4.69) is 4.98 Å². The van der Waals surface area contributed by atoms with Crippen LogP contribution < -0.4 is 15.4 Å². The minimum Gasteiger partial charge on any atom is -0.474 e. The molecule has 0 aliphatic carbocycles. The Morgan fingerprint density at radius 1 is 1.43 bits per heavy atom. The number of ether oxygens (including phenoxy) is 2. The SMILES string of the molecule is CC(C)CCOC(=O)CN1C(=O)C(C)(C)Oc2ccc(N)nc21. The quantitative estimate of drug-likeness (QED) is 0.830. The van der Waals surface area contributed by atoms with Gasteiger partial charge in [0.05, 0.1) is 6.61 Å². The number of nitrogen functional groups attached to an aromatic ring is 1. The van der Waals surface area contributed by atoms with Crippen molar-refractivity contribution in [3.05, 3.63) is 12.1 Å². The maximum absolute atomic E-state index is 12.6. The Hall–Kier alpha value is -2.31. The number of amides is 1. The minimum atomic E-state index is -1.08. The number of nitrogens with zero attached hydrogens (tertiary/aromatic N) is 2. The first kappa shape index (κ1) is 17.1. The second-order valence-electron chi connectivity index (χ2n) is 6.46. The van der Waals surface area contributed by atoms with Gasteiger partial charge in [-0.2, -0.15) is 0 Å². The molecule has 1 aromatic rings. The molecule has 23 heavy (non-hydrogen) atoms. The summed E-state index contributed by atoms with van der Waals surface area (Å²) in [6.07, 6.45) is 0.774. The molecule has 1 aliphatic heterocycles. The van der Waals surface area contributed by atoms with E-state index in [1.54, 1.807) is 26.0 Å². The first-order valence-electron chi connectivity index (χ1n) is 7.64. The van der Waals surface area contributed by atoms with Crippen LogP contribution in [0.3, 0.4) is 0 Å². The van der Waals surface area contributed by atoms with Gasteiger partial charge in [-0.3, -0.25) is 14.5 Å². The van der Waals surface area contributed by atoms with E-state index in [1.807, 2.05) is 13.8 Å². The summed E-state index contributed by atoms with van der Waals surface area (Å²) in [6, 6.07) is 3.23. The third-order valence-electron chi connectivity index (χ3n) is 3.49. The van der Waals surface area contributed by atoms with Crippen LogP contribution >= 0.6 is 0 Å². The molecule has 0 fully saturated rings. The van der Waals surface area contributed by atoms with E-state index in [0.717, 1.165) is 6.42 Å². The summed E-state index contributed by atoms with van der Waals surface area (Å²) in [4.78, 5) is 30.0. The van der Waals surface area contributed by atoms with Gasteiger partial charge in [-0.15, -0.1) is 0 Å². The Morgan fingerprint density at radius 3 is 2.78 bits per heavy atom. The summed E-state index contributed by atoms with van der Waals surface area (Å²) >= 11 is 0. The average Bonchev–Trinajstić information content (AvgIpc) is 2.44. The highest BCUT2D eigenvalue weighted by Gasteiger charge is 2.42. The van der Waals surface area contributed by atoms with E-state index in [9.17, 15) is 9.59 Å². The lowest BCUT2D eigenvalue weighted by Gasteiger charge is -2.37. The third kappa shape index (κ3) is 3.91. The van der Waals surface area contributed by atoms with Crippen molar-refractivity contribution < 1.29 is 19.1 Å². The molecule has 7 heteroatoms. The maximum Gasteiger partial charge on any atom is 0.326 e. The summed E-state index contributed by atoms with van der Waals surface area (Å²) < 4.78 is 10.8. The van der Waals surface area contributed by atoms with Crippen LogP contribution in [0.15, 0.2) is 12.1 Å². The molecule has 2 N–H and O–H groups in total. The van der Waals surface area contributed by atoms with Gasteiger partial charge < -0.3 is 15.2 Å². The summed E-state index contributed by atoms with van der Waals surface area (Å²) in [5.74, 6) is 0.511. The van der Waals surface area contributed by atoms with Crippen LogP contribution in [0, 0.1) is 5.92 Å². The first-order valence-corrected chi connectivity index (χ1v) is 7.64. The molecular formula is C16H23N3O4. The van der Waals surface area contributed by atoms with Crippen molar-refractivity contribution in [2.24, 2.45) is 5.92 Å². The predicted octanol–water partition coefficient (Wildman–Crippen LogP) is 1.76. The highest BCUT2D eigenvalue weighted by Crippen LogP contribution is 2.36. The minimum absolute atomic E-state index is 0.215. The van der Waals surface area contributed by atoms with Crippen molar-refractivity contribution in [2.45, 2.75) is 39.7 Å². The Morgan fingerprint density at radius 2 is 2.13 bits per heavy atom. The summed E-state index contributed by atoms with van der Waals surface area (Å²) in [7, 11) is 0. The molecule has 2 heterocycles. The van der Waals surface area contributed by atoms with Crippen molar-refractivity contribution in [1.82, 2.24) is 4.98 Å². The zero-order chi connectivity index (χ0) is 17.2. The van der Waals surface area contributed by atoms with Crippen molar-refractivity contribution in [3.63, 3.8) is 0 Å². The molecule has 126 valence electrons. The number of carbonyl (C=O) groups excluding carboxylic acids is 2. The highest BCUT2D eigenvalue weighted by molar-refractivity contribution is 6.04. The molecule has 7 nitrogen and oxygen atoms in total. The highest BCUT2D eigenvalue weighted by atomic mass is 16.5. The van der Waals surface area contributed by atoms with Gasteiger partial charge in [-0.05, 0) is 38.3 Å². The van der Waals surface area contributed by atoms with Crippen molar-refractivity contribution in [2.75, 3.05) is 23.8 Å². The van der Waals surface area contributed by atoms with Crippen LogP contribution in [0.1, 0.15) is 34.1 Å². The van der Waals surface area contributed by atoms with Gasteiger partial charge in [0.15, 0.2) is 17.2 Å². The molecular weight excluding hydrogens is 298 g/mol. The molecule has 0 spiro atoms. The molecule has 2 rings (SSSR count). The van der Waals surface area contributed by atoms with Crippen molar-refractivity contribution >= 4 is 23.5 Å². The van der Waals surface area contributed by atoms with Crippen LogP contribution in [0.5, 0.6) is 5.75 Å². The lowest BCUT2D eigenvalue weighted by molar-refractivity contribution is -0.144. The smallest absolute Gasteiger partial charge is 0.326 e. The Kier molecular flexibility index (Phi) is 4.77. The average molecular weight is 321 g/mol. The number of pyridine rings is 1. The molecule has 0 atom stereocenters. The van der Waals surface area contributed by atoms with Crippen LogP contribution in [-0.4, -0.2) is 35.6 Å². The number of aromatic nitrogens is 1. The van der Waals surface area contributed by atoms with Crippen molar-refractivity contribution in [1.29, 1.82) is 0 Å². The van der Waals surface area contributed by atoms with Gasteiger partial charge in [0.25, 0.3) is 5.91 Å². The second-order valence-corrected chi connectivity index (χ2v) is 6.46. The van der Waals surface area contributed by atoms with Gasteiger partial charge >= 0.3 is 5.97 Å². The number of nitrogens with two attached hydrogens (primary N) is 1. The van der Waals surface area contributed by atoms with Crippen molar-refractivity contribution in [3.8, 4) is 5.75 Å². The van der Waals surface area contributed by atoms with Crippen LogP contribution in [0.2, 0.25) is 0 Å². The molecule has 0 aromatic carbocycles. The number of anilines is 2. The zero-order valence-corrected chi connectivity index (χ0v) is 14.0. The van der Waals surface area contributed by atoms with Crippen LogP contribution in [0.25, 0.3) is 0 Å². The molecule has 0 radical (unpaired) electrons. The lowest BCUT2D eigenvalue weighted by atomic mass is 10.1. The van der Waals surface area contributed by atoms with Crippen LogP contribution in [0.4, 0.5) is 11.6 Å². The maximum atomic E-state index is 12.6. The van der Waals surface area contributed by atoms with E-state index in [4.69, 9.17) is 15.2 Å². The fraction of sp³-hybridized carbons (Fsp3) is 0.562. The molecule has 1 aromatic heterocycles. The third-order valence-corrected chi connectivity index (χ3v) is 3.49. The Balaban J connectivity index is 2.17. The monoisotopic (exact) mass is 321 g/mol. The molecule has 0 unspecified atom stereocenters. The number of hydrogen-bond donors (Lipinski definition) is 1. The second kappa shape index (κ2) is 6.44. The number of fused-ring (bicyclic) bond motifs is 1. The number of carbonyl (C=O) groups is 2. The summed E-state index contributed by atoms with van der Waals surface area (Å²) in [5.41, 5.74) is 4.60. The fourth-order valence-corrected chi connectivity index (χ4v) is 2.19. The number of rotatable bonds is 5. The number of hydrogen-bond acceptors (Lipinski definition) is 6. The van der Waals surface area contributed by atoms with Gasteiger partial charge in [0, 0.05) is 0 Å². The summed E-state index contributed by atoms with van der Waals surface area (Å²) in [5, 5.41) is 0. The zero-order valence-electron chi connectivity index (χ0n) is 14.0. The molecule has 0 saturated carbocycles.